The molecule has 4 nitrogen and oxygen atoms in total. The van der Waals surface area contributed by atoms with Crippen LogP contribution in [-0.4, -0.2) is 24.1 Å². The molecule has 1 N–H and O–H groups in total. The van der Waals surface area contributed by atoms with Crippen LogP contribution in [0.15, 0.2) is 36.7 Å². The summed E-state index contributed by atoms with van der Waals surface area (Å²) in [6.45, 7) is 5.17. The number of rotatable bonds is 5. The highest BCUT2D eigenvalue weighted by Gasteiger charge is 2.17. The van der Waals surface area contributed by atoms with Crippen LogP contribution in [0.5, 0.6) is 0 Å². The van der Waals surface area contributed by atoms with E-state index in [2.05, 4.69) is 65.3 Å². The summed E-state index contributed by atoms with van der Waals surface area (Å²) >= 11 is 0. The van der Waals surface area contributed by atoms with Crippen LogP contribution < -0.4 is 10.2 Å². The van der Waals surface area contributed by atoms with E-state index in [0.29, 0.717) is 5.92 Å². The highest BCUT2D eigenvalue weighted by molar-refractivity contribution is 5.59. The van der Waals surface area contributed by atoms with Crippen molar-refractivity contribution in [2.75, 3.05) is 24.3 Å². The standard InChI is InChI=1S/C16H22N4/c1-12(2)14-15(17-3)18-11-19-16(14)20(4)10-13-8-6-5-7-9-13/h5-9,11-12H,10H2,1-4H3,(H,17,18,19). The average Bonchev–Trinajstić information content (AvgIpc) is 2.47. The van der Waals surface area contributed by atoms with Crippen molar-refractivity contribution in [1.29, 1.82) is 0 Å². The van der Waals surface area contributed by atoms with E-state index < -0.39 is 0 Å². The maximum absolute atomic E-state index is 4.48. The van der Waals surface area contributed by atoms with Crippen molar-refractivity contribution in [3.05, 3.63) is 47.8 Å². The number of aromatic nitrogens is 2. The third-order valence-electron chi connectivity index (χ3n) is 3.30. The molecule has 0 aliphatic rings. The summed E-state index contributed by atoms with van der Waals surface area (Å²) in [6, 6.07) is 10.4. The molecule has 2 aromatic rings. The summed E-state index contributed by atoms with van der Waals surface area (Å²) in [5.74, 6) is 2.26. The minimum atomic E-state index is 0.367. The molecule has 0 saturated carbocycles. The second-order valence-corrected chi connectivity index (χ2v) is 5.21. The number of nitrogens with zero attached hydrogens (tertiary/aromatic N) is 3. The first kappa shape index (κ1) is 14.3. The molecule has 4 heteroatoms. The molecule has 20 heavy (non-hydrogen) atoms. The quantitative estimate of drug-likeness (QED) is 0.905. The van der Waals surface area contributed by atoms with Crippen molar-refractivity contribution in [1.82, 2.24) is 9.97 Å². The zero-order valence-corrected chi connectivity index (χ0v) is 12.6. The largest absolute Gasteiger partial charge is 0.373 e. The van der Waals surface area contributed by atoms with Gasteiger partial charge in [-0.1, -0.05) is 44.2 Å². The third-order valence-corrected chi connectivity index (χ3v) is 3.30. The Morgan fingerprint density at radius 2 is 1.85 bits per heavy atom. The molecule has 2 rings (SSSR count). The number of nitrogens with one attached hydrogen (secondary N) is 1. The van der Waals surface area contributed by atoms with Crippen LogP contribution in [0.25, 0.3) is 0 Å². The van der Waals surface area contributed by atoms with Crippen molar-refractivity contribution >= 4 is 11.6 Å². The maximum Gasteiger partial charge on any atom is 0.137 e. The fraction of sp³-hybridized carbons (Fsp3) is 0.375. The molecule has 106 valence electrons. The molecule has 0 amide bonds. The fourth-order valence-electron chi connectivity index (χ4n) is 2.35. The van der Waals surface area contributed by atoms with Crippen molar-refractivity contribution < 1.29 is 0 Å². The van der Waals surface area contributed by atoms with Crippen molar-refractivity contribution in [2.45, 2.75) is 26.3 Å². The Hall–Kier alpha value is -2.10. The Kier molecular flexibility index (Phi) is 4.56. The molecule has 1 heterocycles. The van der Waals surface area contributed by atoms with E-state index in [1.807, 2.05) is 13.1 Å². The van der Waals surface area contributed by atoms with Gasteiger partial charge in [-0.2, -0.15) is 0 Å². The van der Waals surface area contributed by atoms with Gasteiger partial charge in [0.1, 0.15) is 18.0 Å². The lowest BCUT2D eigenvalue weighted by atomic mass is 10.0. The monoisotopic (exact) mass is 270 g/mol. The van der Waals surface area contributed by atoms with Crippen LogP contribution in [0.3, 0.4) is 0 Å². The molecule has 0 radical (unpaired) electrons. The highest BCUT2D eigenvalue weighted by atomic mass is 15.2. The van der Waals surface area contributed by atoms with Gasteiger partial charge in [0.15, 0.2) is 0 Å². The molecular formula is C16H22N4. The first-order chi connectivity index (χ1) is 9.63. The molecule has 0 bridgehead atoms. The molecule has 0 unspecified atom stereocenters. The molecule has 0 spiro atoms. The summed E-state index contributed by atoms with van der Waals surface area (Å²) in [5, 5.41) is 3.16. The normalized spacial score (nSPS) is 10.7. The van der Waals surface area contributed by atoms with Crippen LogP contribution in [0.2, 0.25) is 0 Å². The molecule has 1 aromatic heterocycles. The SMILES string of the molecule is CNc1ncnc(N(C)Cc2ccccc2)c1C(C)C. The number of hydrogen-bond acceptors (Lipinski definition) is 4. The van der Waals surface area contributed by atoms with E-state index in [-0.39, 0.29) is 0 Å². The molecule has 0 saturated heterocycles. The van der Waals surface area contributed by atoms with Gasteiger partial charge in [0.05, 0.1) is 0 Å². The second-order valence-electron chi connectivity index (χ2n) is 5.21. The van der Waals surface area contributed by atoms with E-state index >= 15 is 0 Å². The van der Waals surface area contributed by atoms with Gasteiger partial charge < -0.3 is 10.2 Å². The van der Waals surface area contributed by atoms with E-state index in [1.54, 1.807) is 6.33 Å². The molecule has 0 fully saturated rings. The average molecular weight is 270 g/mol. The molecule has 1 aromatic carbocycles. The first-order valence-corrected chi connectivity index (χ1v) is 6.91. The Bertz CT molecular complexity index is 552. The van der Waals surface area contributed by atoms with Gasteiger partial charge in [-0.15, -0.1) is 0 Å². The molecule has 0 aliphatic heterocycles. The Morgan fingerprint density at radius 1 is 1.15 bits per heavy atom. The lowest BCUT2D eigenvalue weighted by molar-refractivity contribution is 0.810. The van der Waals surface area contributed by atoms with Crippen LogP contribution in [0.1, 0.15) is 30.9 Å². The van der Waals surface area contributed by atoms with E-state index in [1.165, 1.54) is 5.56 Å². The van der Waals surface area contributed by atoms with Gasteiger partial charge >= 0.3 is 0 Å². The summed E-state index contributed by atoms with van der Waals surface area (Å²) in [7, 11) is 3.97. The van der Waals surface area contributed by atoms with Gasteiger partial charge in [0, 0.05) is 26.2 Å². The summed E-state index contributed by atoms with van der Waals surface area (Å²) < 4.78 is 0. The van der Waals surface area contributed by atoms with Gasteiger partial charge in [-0.05, 0) is 11.5 Å². The predicted molar refractivity (Wildman–Crippen MR) is 84.2 cm³/mol. The van der Waals surface area contributed by atoms with Crippen LogP contribution in [0.4, 0.5) is 11.6 Å². The van der Waals surface area contributed by atoms with Gasteiger partial charge in [0.25, 0.3) is 0 Å². The number of hydrogen-bond donors (Lipinski definition) is 1. The molecule has 0 atom stereocenters. The lowest BCUT2D eigenvalue weighted by Crippen LogP contribution is -2.21. The van der Waals surface area contributed by atoms with Crippen LogP contribution >= 0.6 is 0 Å². The highest BCUT2D eigenvalue weighted by Crippen LogP contribution is 2.30. The number of benzene rings is 1. The predicted octanol–water partition coefficient (Wildman–Crippen LogP) is 3.28. The van der Waals surface area contributed by atoms with Crippen LogP contribution in [0, 0.1) is 0 Å². The zero-order chi connectivity index (χ0) is 14.5. The fourth-order valence-corrected chi connectivity index (χ4v) is 2.35. The summed E-state index contributed by atoms with van der Waals surface area (Å²) in [4.78, 5) is 11.0. The Morgan fingerprint density at radius 3 is 2.45 bits per heavy atom. The van der Waals surface area contributed by atoms with Crippen molar-refractivity contribution in [3.8, 4) is 0 Å². The smallest absolute Gasteiger partial charge is 0.137 e. The minimum absolute atomic E-state index is 0.367. The van der Waals surface area contributed by atoms with Gasteiger partial charge in [-0.25, -0.2) is 9.97 Å². The topological polar surface area (TPSA) is 41.1 Å². The summed E-state index contributed by atoms with van der Waals surface area (Å²) in [6.07, 6.45) is 1.62. The van der Waals surface area contributed by atoms with Crippen LogP contribution in [-0.2, 0) is 6.54 Å². The van der Waals surface area contributed by atoms with Gasteiger partial charge in [-0.3, -0.25) is 0 Å². The van der Waals surface area contributed by atoms with E-state index in [4.69, 9.17) is 0 Å². The van der Waals surface area contributed by atoms with E-state index in [0.717, 1.165) is 23.7 Å². The zero-order valence-electron chi connectivity index (χ0n) is 12.6. The molecular weight excluding hydrogens is 248 g/mol. The molecule has 0 aliphatic carbocycles. The van der Waals surface area contributed by atoms with Gasteiger partial charge in [0.2, 0.25) is 0 Å². The lowest BCUT2D eigenvalue weighted by Gasteiger charge is -2.24. The minimum Gasteiger partial charge on any atom is -0.373 e. The second kappa shape index (κ2) is 6.37. The van der Waals surface area contributed by atoms with E-state index in [9.17, 15) is 0 Å². The third kappa shape index (κ3) is 3.07. The maximum atomic E-state index is 4.48. The van der Waals surface area contributed by atoms with Crippen molar-refractivity contribution in [3.63, 3.8) is 0 Å². The van der Waals surface area contributed by atoms with Crippen molar-refractivity contribution in [2.24, 2.45) is 0 Å². The number of anilines is 2. The Labute approximate surface area is 120 Å². The summed E-state index contributed by atoms with van der Waals surface area (Å²) in [5.41, 5.74) is 2.43. The Balaban J connectivity index is 2.32. The first-order valence-electron chi connectivity index (χ1n) is 6.91.